The van der Waals surface area contributed by atoms with Crippen LogP contribution >= 0.6 is 0 Å². The monoisotopic (exact) mass is 362 g/mol. The van der Waals surface area contributed by atoms with E-state index in [1.54, 1.807) is 0 Å². The molecule has 1 fully saturated rings. The van der Waals surface area contributed by atoms with Gasteiger partial charge in [0, 0.05) is 18.8 Å². The average molecular weight is 362 g/mol. The summed E-state index contributed by atoms with van der Waals surface area (Å²) in [5.41, 5.74) is 2.89. The molecule has 2 heterocycles. The van der Waals surface area contributed by atoms with Gasteiger partial charge in [0.2, 0.25) is 5.91 Å². The SMILES string of the molecule is Cc1ccc(NC(=O)C2CCCN(S(=O)(=O)c3cnc[nH]3)C2)c(C)c1. The number of aryl methyl sites for hydroxylation is 2. The normalized spacial score (nSPS) is 18.9. The summed E-state index contributed by atoms with van der Waals surface area (Å²) in [5, 5.41) is 2.99. The molecule has 0 aliphatic carbocycles. The molecule has 1 amide bonds. The van der Waals surface area contributed by atoms with Crippen LogP contribution < -0.4 is 5.32 Å². The van der Waals surface area contributed by atoms with Crippen LogP contribution in [-0.4, -0.2) is 41.7 Å². The van der Waals surface area contributed by atoms with Crippen LogP contribution in [0.15, 0.2) is 35.7 Å². The van der Waals surface area contributed by atoms with Crippen LogP contribution in [0.3, 0.4) is 0 Å². The van der Waals surface area contributed by atoms with Gasteiger partial charge in [-0.25, -0.2) is 13.4 Å². The van der Waals surface area contributed by atoms with Crippen LogP contribution in [0.4, 0.5) is 5.69 Å². The van der Waals surface area contributed by atoms with E-state index in [1.807, 2.05) is 32.0 Å². The van der Waals surface area contributed by atoms with Gasteiger partial charge >= 0.3 is 0 Å². The van der Waals surface area contributed by atoms with Gasteiger partial charge < -0.3 is 10.3 Å². The first kappa shape index (κ1) is 17.6. The van der Waals surface area contributed by atoms with Crippen LogP contribution in [0.2, 0.25) is 0 Å². The van der Waals surface area contributed by atoms with E-state index in [-0.39, 0.29) is 23.4 Å². The van der Waals surface area contributed by atoms with Crippen LogP contribution in [0.25, 0.3) is 0 Å². The highest BCUT2D eigenvalue weighted by Gasteiger charge is 2.34. The molecule has 25 heavy (non-hydrogen) atoms. The van der Waals surface area contributed by atoms with Crippen LogP contribution in [0, 0.1) is 19.8 Å². The third-order valence-corrected chi connectivity index (χ3v) is 6.28. The lowest BCUT2D eigenvalue weighted by molar-refractivity contribution is -0.120. The lowest BCUT2D eigenvalue weighted by Crippen LogP contribution is -2.43. The number of rotatable bonds is 4. The van der Waals surface area contributed by atoms with E-state index in [9.17, 15) is 13.2 Å². The maximum absolute atomic E-state index is 12.6. The molecular formula is C17H22N4O3S. The third-order valence-electron chi connectivity index (χ3n) is 4.49. The van der Waals surface area contributed by atoms with E-state index in [2.05, 4.69) is 15.3 Å². The number of imidazole rings is 1. The third kappa shape index (κ3) is 3.74. The van der Waals surface area contributed by atoms with Gasteiger partial charge in [0.05, 0.1) is 18.4 Å². The number of sulfonamides is 1. The van der Waals surface area contributed by atoms with E-state index >= 15 is 0 Å². The van der Waals surface area contributed by atoms with Gasteiger partial charge in [-0.15, -0.1) is 0 Å². The Kier molecular flexibility index (Phi) is 4.91. The number of aromatic nitrogens is 2. The van der Waals surface area contributed by atoms with Crippen LogP contribution in [-0.2, 0) is 14.8 Å². The summed E-state index contributed by atoms with van der Waals surface area (Å²) in [6.45, 7) is 4.53. The predicted molar refractivity (Wildman–Crippen MR) is 94.6 cm³/mol. The second kappa shape index (κ2) is 6.97. The Morgan fingerprint density at radius 3 is 2.84 bits per heavy atom. The molecular weight excluding hydrogens is 340 g/mol. The fraction of sp³-hybridized carbons (Fsp3) is 0.412. The van der Waals surface area contributed by atoms with E-state index in [0.29, 0.717) is 19.4 Å². The minimum Gasteiger partial charge on any atom is -0.335 e. The number of hydrogen-bond acceptors (Lipinski definition) is 4. The number of carbonyl (C=O) groups is 1. The Bertz CT molecular complexity index is 862. The molecule has 1 aliphatic heterocycles. The second-order valence-electron chi connectivity index (χ2n) is 6.43. The van der Waals surface area contributed by atoms with Gasteiger partial charge in [-0.3, -0.25) is 4.79 Å². The lowest BCUT2D eigenvalue weighted by Gasteiger charge is -2.30. The number of anilines is 1. The van der Waals surface area contributed by atoms with Crippen molar-refractivity contribution in [1.29, 1.82) is 0 Å². The number of amides is 1. The van der Waals surface area contributed by atoms with E-state index < -0.39 is 10.0 Å². The molecule has 1 aromatic carbocycles. The fourth-order valence-electron chi connectivity index (χ4n) is 3.09. The molecule has 8 heteroatoms. The Morgan fingerprint density at radius 1 is 1.36 bits per heavy atom. The number of hydrogen-bond donors (Lipinski definition) is 2. The quantitative estimate of drug-likeness (QED) is 0.870. The van der Waals surface area contributed by atoms with Crippen molar-refractivity contribution in [3.8, 4) is 0 Å². The summed E-state index contributed by atoms with van der Waals surface area (Å²) in [4.78, 5) is 19.0. The number of aromatic amines is 1. The zero-order valence-corrected chi connectivity index (χ0v) is 15.1. The highest BCUT2D eigenvalue weighted by molar-refractivity contribution is 7.89. The Balaban J connectivity index is 1.72. The molecule has 1 unspecified atom stereocenters. The second-order valence-corrected chi connectivity index (χ2v) is 8.33. The molecule has 2 N–H and O–H groups in total. The van der Waals surface area contributed by atoms with Crippen molar-refractivity contribution >= 4 is 21.6 Å². The van der Waals surface area contributed by atoms with Gasteiger partial charge in [0.25, 0.3) is 10.0 Å². The zero-order valence-electron chi connectivity index (χ0n) is 14.3. The molecule has 134 valence electrons. The fourth-order valence-corrected chi connectivity index (χ4v) is 4.51. The highest BCUT2D eigenvalue weighted by Crippen LogP contribution is 2.24. The van der Waals surface area contributed by atoms with Gasteiger partial charge in [-0.2, -0.15) is 4.31 Å². The number of H-pyrrole nitrogens is 1. The molecule has 1 atom stereocenters. The van der Waals surface area contributed by atoms with E-state index in [4.69, 9.17) is 0 Å². The summed E-state index contributed by atoms with van der Waals surface area (Å²) in [6.07, 6.45) is 3.94. The Hall–Kier alpha value is -2.19. The molecule has 7 nitrogen and oxygen atoms in total. The van der Waals surface area contributed by atoms with Gasteiger partial charge in [-0.1, -0.05) is 17.7 Å². The molecule has 2 aromatic rings. The number of nitrogens with zero attached hydrogens (tertiary/aromatic N) is 2. The first-order chi connectivity index (χ1) is 11.9. The van der Waals surface area contributed by atoms with Crippen LogP contribution in [0.1, 0.15) is 24.0 Å². The predicted octanol–water partition coefficient (Wildman–Crippen LogP) is 2.07. The van der Waals surface area contributed by atoms with Gasteiger partial charge in [0.1, 0.15) is 0 Å². The first-order valence-corrected chi connectivity index (χ1v) is 9.68. The number of carbonyl (C=O) groups excluding carboxylic acids is 1. The molecule has 0 radical (unpaired) electrons. The molecule has 1 aliphatic rings. The van der Waals surface area contributed by atoms with Gasteiger partial charge in [-0.05, 0) is 38.3 Å². The smallest absolute Gasteiger partial charge is 0.260 e. The van der Waals surface area contributed by atoms with Crippen molar-refractivity contribution < 1.29 is 13.2 Å². The molecule has 3 rings (SSSR count). The van der Waals surface area contributed by atoms with Gasteiger partial charge in [0.15, 0.2) is 5.03 Å². The van der Waals surface area contributed by atoms with E-state index in [1.165, 1.54) is 16.8 Å². The van der Waals surface area contributed by atoms with Crippen molar-refractivity contribution in [3.05, 3.63) is 41.9 Å². The molecule has 0 bridgehead atoms. The Labute approximate surface area is 147 Å². The van der Waals surface area contributed by atoms with Crippen molar-refractivity contribution in [1.82, 2.24) is 14.3 Å². The average Bonchev–Trinajstić information content (AvgIpc) is 3.13. The summed E-state index contributed by atoms with van der Waals surface area (Å²) in [7, 11) is -3.64. The summed E-state index contributed by atoms with van der Waals surface area (Å²) in [5.74, 6) is -0.511. The van der Waals surface area contributed by atoms with Crippen molar-refractivity contribution in [2.24, 2.45) is 5.92 Å². The highest BCUT2D eigenvalue weighted by atomic mass is 32.2. The van der Waals surface area contributed by atoms with Crippen molar-refractivity contribution in [3.63, 3.8) is 0 Å². The number of piperidine rings is 1. The number of nitrogens with one attached hydrogen (secondary N) is 2. The van der Waals surface area contributed by atoms with Crippen molar-refractivity contribution in [2.75, 3.05) is 18.4 Å². The maximum atomic E-state index is 12.6. The molecule has 1 saturated heterocycles. The van der Waals surface area contributed by atoms with Crippen molar-refractivity contribution in [2.45, 2.75) is 31.7 Å². The molecule has 0 spiro atoms. The largest absolute Gasteiger partial charge is 0.335 e. The Morgan fingerprint density at radius 2 is 2.16 bits per heavy atom. The first-order valence-electron chi connectivity index (χ1n) is 8.24. The standard InChI is InChI=1S/C17H22N4O3S/c1-12-5-6-15(13(2)8-12)20-17(22)14-4-3-7-21(10-14)25(23,24)16-9-18-11-19-16/h5-6,8-9,11,14H,3-4,7,10H2,1-2H3,(H,18,19)(H,20,22). The summed E-state index contributed by atoms with van der Waals surface area (Å²) >= 11 is 0. The minimum absolute atomic E-state index is 0.0583. The summed E-state index contributed by atoms with van der Waals surface area (Å²) in [6, 6.07) is 5.83. The van der Waals surface area contributed by atoms with Crippen LogP contribution in [0.5, 0.6) is 0 Å². The molecule has 0 saturated carbocycles. The number of benzene rings is 1. The topological polar surface area (TPSA) is 95.2 Å². The zero-order chi connectivity index (χ0) is 18.0. The lowest BCUT2D eigenvalue weighted by atomic mass is 9.98. The summed E-state index contributed by atoms with van der Waals surface area (Å²) < 4.78 is 26.5. The maximum Gasteiger partial charge on any atom is 0.260 e. The minimum atomic E-state index is -3.64. The van der Waals surface area contributed by atoms with E-state index in [0.717, 1.165) is 16.8 Å². The molecule has 1 aromatic heterocycles.